The van der Waals surface area contributed by atoms with Crippen molar-refractivity contribution in [3.05, 3.63) is 35.9 Å². The summed E-state index contributed by atoms with van der Waals surface area (Å²) in [4.78, 5) is 11.6. The van der Waals surface area contributed by atoms with Gasteiger partial charge in [-0.3, -0.25) is 0 Å². The molecule has 0 spiro atoms. The molecule has 5 heteroatoms. The van der Waals surface area contributed by atoms with Crippen molar-refractivity contribution >= 4 is 18.5 Å². The predicted molar refractivity (Wildman–Crippen MR) is 77.5 cm³/mol. The Morgan fingerprint density at radius 3 is 2.74 bits per heavy atom. The lowest BCUT2D eigenvalue weighted by atomic mass is 10.0. The van der Waals surface area contributed by atoms with Crippen LogP contribution < -0.4 is 10.6 Å². The molecule has 0 radical (unpaired) electrons. The summed E-state index contributed by atoms with van der Waals surface area (Å²) in [5.74, 6) is 0. The number of rotatable bonds is 3. The molecular weight excluding hydrogens is 264 g/mol. The molecule has 0 aliphatic carbocycles. The fraction of sp³-hybridized carbons (Fsp3) is 0.500. The fourth-order valence-corrected chi connectivity index (χ4v) is 2.05. The third-order valence-corrected chi connectivity index (χ3v) is 3.20. The van der Waals surface area contributed by atoms with Crippen LogP contribution in [0.25, 0.3) is 0 Å². The van der Waals surface area contributed by atoms with Crippen molar-refractivity contribution in [2.45, 2.75) is 38.5 Å². The average Bonchev–Trinajstić information content (AvgIpc) is 2.40. The van der Waals surface area contributed by atoms with Crippen LogP contribution in [0.5, 0.6) is 0 Å². The van der Waals surface area contributed by atoms with E-state index in [2.05, 4.69) is 17.6 Å². The second-order valence-electron chi connectivity index (χ2n) is 4.79. The van der Waals surface area contributed by atoms with E-state index < -0.39 is 0 Å². The molecule has 2 atom stereocenters. The highest BCUT2D eigenvalue weighted by Gasteiger charge is 2.19. The van der Waals surface area contributed by atoms with Crippen molar-refractivity contribution in [3.63, 3.8) is 0 Å². The molecule has 0 bridgehead atoms. The number of carbonyl (C=O) groups excluding carboxylic acids is 1. The van der Waals surface area contributed by atoms with Gasteiger partial charge in [-0.2, -0.15) is 0 Å². The maximum absolute atomic E-state index is 11.6. The predicted octanol–water partition coefficient (Wildman–Crippen LogP) is 2.48. The molecule has 2 rings (SSSR count). The van der Waals surface area contributed by atoms with Crippen LogP contribution >= 0.6 is 12.4 Å². The summed E-state index contributed by atoms with van der Waals surface area (Å²) in [6, 6.07) is 10.4. The molecule has 1 amide bonds. The maximum Gasteiger partial charge on any atom is 0.407 e. The summed E-state index contributed by atoms with van der Waals surface area (Å²) in [5.41, 5.74) is 1.00. The van der Waals surface area contributed by atoms with Gasteiger partial charge in [0.2, 0.25) is 0 Å². The van der Waals surface area contributed by atoms with E-state index in [4.69, 9.17) is 4.74 Å². The number of carbonyl (C=O) groups is 1. The lowest BCUT2D eigenvalue weighted by Gasteiger charge is -2.27. The van der Waals surface area contributed by atoms with E-state index in [9.17, 15) is 4.79 Å². The summed E-state index contributed by atoms with van der Waals surface area (Å²) in [6.07, 6.45) is 1.76. The van der Waals surface area contributed by atoms with E-state index in [0.717, 1.165) is 24.9 Å². The third-order valence-electron chi connectivity index (χ3n) is 3.20. The smallest absolute Gasteiger partial charge is 0.407 e. The molecule has 1 aliphatic heterocycles. The SMILES string of the molecule is CC1CCC(NC(=O)OCc2ccccc2)CN1.Cl. The summed E-state index contributed by atoms with van der Waals surface area (Å²) in [5, 5.41) is 6.23. The number of nitrogens with one attached hydrogen (secondary N) is 2. The van der Waals surface area contributed by atoms with Gasteiger partial charge in [0, 0.05) is 18.6 Å². The number of hydrogen-bond donors (Lipinski definition) is 2. The largest absolute Gasteiger partial charge is 0.445 e. The number of ether oxygens (including phenoxy) is 1. The Morgan fingerprint density at radius 1 is 1.37 bits per heavy atom. The highest BCUT2D eigenvalue weighted by Crippen LogP contribution is 2.08. The Kier molecular flexibility index (Phi) is 6.67. The van der Waals surface area contributed by atoms with Crippen molar-refractivity contribution in [2.75, 3.05) is 6.54 Å². The third kappa shape index (κ3) is 5.49. The van der Waals surface area contributed by atoms with E-state index in [1.54, 1.807) is 0 Å². The van der Waals surface area contributed by atoms with Crippen LogP contribution in [0.4, 0.5) is 4.79 Å². The zero-order valence-electron chi connectivity index (χ0n) is 11.1. The molecule has 0 saturated carbocycles. The molecule has 4 nitrogen and oxygen atoms in total. The van der Waals surface area contributed by atoms with E-state index in [1.165, 1.54) is 0 Å². The van der Waals surface area contributed by atoms with Crippen LogP contribution in [0.15, 0.2) is 30.3 Å². The van der Waals surface area contributed by atoms with Crippen molar-refractivity contribution < 1.29 is 9.53 Å². The Labute approximate surface area is 120 Å². The highest BCUT2D eigenvalue weighted by molar-refractivity contribution is 5.85. The highest BCUT2D eigenvalue weighted by atomic mass is 35.5. The van der Waals surface area contributed by atoms with Gasteiger partial charge in [-0.25, -0.2) is 4.79 Å². The van der Waals surface area contributed by atoms with E-state index >= 15 is 0 Å². The van der Waals surface area contributed by atoms with Gasteiger partial charge >= 0.3 is 6.09 Å². The fourth-order valence-electron chi connectivity index (χ4n) is 2.05. The number of benzene rings is 1. The van der Waals surface area contributed by atoms with Crippen LogP contribution in [-0.4, -0.2) is 24.7 Å². The number of halogens is 1. The molecule has 19 heavy (non-hydrogen) atoms. The lowest BCUT2D eigenvalue weighted by Crippen LogP contribution is -2.48. The summed E-state index contributed by atoms with van der Waals surface area (Å²) >= 11 is 0. The van der Waals surface area contributed by atoms with Gasteiger partial charge in [-0.1, -0.05) is 30.3 Å². The van der Waals surface area contributed by atoms with Crippen LogP contribution in [0.3, 0.4) is 0 Å². The number of hydrogen-bond acceptors (Lipinski definition) is 3. The molecule has 0 aromatic heterocycles. The normalized spacial score (nSPS) is 22.2. The minimum absolute atomic E-state index is 0. The Hall–Kier alpha value is -1.26. The summed E-state index contributed by atoms with van der Waals surface area (Å²) in [6.45, 7) is 3.30. The molecule has 1 aromatic carbocycles. The van der Waals surface area contributed by atoms with Crippen molar-refractivity contribution in [2.24, 2.45) is 0 Å². The van der Waals surface area contributed by atoms with Gasteiger partial charge in [0.15, 0.2) is 0 Å². The molecule has 1 fully saturated rings. The zero-order chi connectivity index (χ0) is 12.8. The molecule has 2 N–H and O–H groups in total. The molecule has 1 saturated heterocycles. The average molecular weight is 285 g/mol. The second kappa shape index (κ2) is 8.02. The molecular formula is C14H21ClN2O2. The number of alkyl carbamates (subject to hydrolysis) is 1. The Balaban J connectivity index is 0.00000180. The Morgan fingerprint density at radius 2 is 2.11 bits per heavy atom. The minimum Gasteiger partial charge on any atom is -0.445 e. The van der Waals surface area contributed by atoms with E-state index in [1.807, 2.05) is 30.3 Å². The molecule has 1 heterocycles. The number of amides is 1. The summed E-state index contributed by atoms with van der Waals surface area (Å²) in [7, 11) is 0. The maximum atomic E-state index is 11.6. The van der Waals surface area contributed by atoms with Gasteiger partial charge in [0.25, 0.3) is 0 Å². The second-order valence-corrected chi connectivity index (χ2v) is 4.79. The van der Waals surface area contributed by atoms with Crippen LogP contribution in [0, 0.1) is 0 Å². The van der Waals surface area contributed by atoms with Crippen molar-refractivity contribution in [1.29, 1.82) is 0 Å². The van der Waals surface area contributed by atoms with Crippen molar-refractivity contribution in [1.82, 2.24) is 10.6 Å². The minimum atomic E-state index is -0.333. The monoisotopic (exact) mass is 284 g/mol. The van der Waals surface area contributed by atoms with Crippen LogP contribution in [0.2, 0.25) is 0 Å². The van der Waals surface area contributed by atoms with Crippen LogP contribution in [0.1, 0.15) is 25.3 Å². The topological polar surface area (TPSA) is 50.4 Å². The first kappa shape index (κ1) is 15.8. The Bertz CT molecular complexity index is 378. The summed E-state index contributed by atoms with van der Waals surface area (Å²) < 4.78 is 5.18. The standard InChI is InChI=1S/C14H20N2O2.ClH/c1-11-7-8-13(9-15-11)16-14(17)18-10-12-5-3-2-4-6-12;/h2-6,11,13,15H,7-10H2,1H3,(H,16,17);1H. The van der Waals surface area contributed by atoms with Gasteiger partial charge in [0.05, 0.1) is 0 Å². The van der Waals surface area contributed by atoms with E-state index in [-0.39, 0.29) is 24.5 Å². The zero-order valence-corrected chi connectivity index (χ0v) is 11.9. The first-order valence-corrected chi connectivity index (χ1v) is 6.44. The van der Waals surface area contributed by atoms with Gasteiger partial charge in [0.1, 0.15) is 6.61 Å². The van der Waals surface area contributed by atoms with Gasteiger partial charge < -0.3 is 15.4 Å². The molecule has 1 aromatic rings. The van der Waals surface area contributed by atoms with Gasteiger partial charge in [-0.15, -0.1) is 12.4 Å². The van der Waals surface area contributed by atoms with Crippen LogP contribution in [-0.2, 0) is 11.3 Å². The van der Waals surface area contributed by atoms with Gasteiger partial charge in [-0.05, 0) is 25.3 Å². The quantitative estimate of drug-likeness (QED) is 0.896. The first-order valence-electron chi connectivity index (χ1n) is 6.44. The van der Waals surface area contributed by atoms with Crippen molar-refractivity contribution in [3.8, 4) is 0 Å². The number of piperidine rings is 1. The molecule has 2 unspecified atom stereocenters. The molecule has 1 aliphatic rings. The molecule has 106 valence electrons. The van der Waals surface area contributed by atoms with E-state index in [0.29, 0.717) is 12.6 Å². The first-order chi connectivity index (χ1) is 8.74. The lowest BCUT2D eigenvalue weighted by molar-refractivity contribution is 0.133.